The molecule has 1 atom stereocenters. The Balaban J connectivity index is 1.63. The van der Waals surface area contributed by atoms with E-state index < -0.39 is 12.0 Å². The Labute approximate surface area is 163 Å². The van der Waals surface area contributed by atoms with Gasteiger partial charge in [-0.1, -0.05) is 91.0 Å². The van der Waals surface area contributed by atoms with Crippen LogP contribution in [0.1, 0.15) is 16.7 Å². The fourth-order valence-corrected chi connectivity index (χ4v) is 2.75. The highest BCUT2D eigenvalue weighted by Gasteiger charge is 2.42. The first-order valence-electron chi connectivity index (χ1n) is 9.13. The SMILES string of the molecule is FC(F)(c1ccccc1)[C@@H](CNOCc1ccccc1)OCc1ccccc1. The summed E-state index contributed by atoms with van der Waals surface area (Å²) in [6.07, 6.45) is -1.38. The Morgan fingerprint density at radius 1 is 0.714 bits per heavy atom. The van der Waals surface area contributed by atoms with Gasteiger partial charge in [0.15, 0.2) is 0 Å². The molecule has 0 unspecified atom stereocenters. The topological polar surface area (TPSA) is 30.5 Å². The van der Waals surface area contributed by atoms with Gasteiger partial charge in [0, 0.05) is 5.56 Å². The van der Waals surface area contributed by atoms with Crippen LogP contribution in [-0.4, -0.2) is 12.6 Å². The maximum absolute atomic E-state index is 15.1. The first kappa shape index (κ1) is 20.1. The maximum atomic E-state index is 15.1. The molecule has 0 aliphatic heterocycles. The van der Waals surface area contributed by atoms with Crippen molar-refractivity contribution in [2.45, 2.75) is 25.2 Å². The van der Waals surface area contributed by atoms with Gasteiger partial charge in [-0.05, 0) is 11.1 Å². The fraction of sp³-hybridized carbons (Fsp3) is 0.217. The molecule has 3 aromatic rings. The van der Waals surface area contributed by atoms with Crippen LogP contribution in [0.25, 0.3) is 0 Å². The Hall–Kier alpha value is -2.60. The van der Waals surface area contributed by atoms with Crippen molar-refractivity contribution < 1.29 is 18.4 Å². The lowest BCUT2D eigenvalue weighted by Crippen LogP contribution is -2.41. The zero-order chi connectivity index (χ0) is 19.7. The standard InChI is InChI=1S/C23H23F2NO2/c24-23(25,21-14-8-3-9-15-21)22(27-17-19-10-4-1-5-11-19)16-26-28-18-20-12-6-2-7-13-20/h1-15,22,26H,16-18H2/t22-/m1/s1. The van der Waals surface area contributed by atoms with Gasteiger partial charge in [-0.3, -0.25) is 4.84 Å². The lowest BCUT2D eigenvalue weighted by Gasteiger charge is -2.27. The van der Waals surface area contributed by atoms with Gasteiger partial charge in [-0.15, -0.1) is 0 Å². The number of rotatable bonds is 10. The van der Waals surface area contributed by atoms with Gasteiger partial charge in [0.05, 0.1) is 19.8 Å². The fourth-order valence-electron chi connectivity index (χ4n) is 2.75. The summed E-state index contributed by atoms with van der Waals surface area (Å²) in [7, 11) is 0. The van der Waals surface area contributed by atoms with Crippen molar-refractivity contribution in [2.75, 3.05) is 6.54 Å². The molecule has 3 nitrogen and oxygen atoms in total. The molecule has 0 heterocycles. The molecule has 28 heavy (non-hydrogen) atoms. The van der Waals surface area contributed by atoms with Gasteiger partial charge in [0.1, 0.15) is 6.10 Å². The van der Waals surface area contributed by atoms with Gasteiger partial charge >= 0.3 is 0 Å². The van der Waals surface area contributed by atoms with E-state index in [1.165, 1.54) is 12.1 Å². The van der Waals surface area contributed by atoms with E-state index in [1.807, 2.05) is 60.7 Å². The van der Waals surface area contributed by atoms with E-state index >= 15 is 8.78 Å². The molecule has 0 saturated heterocycles. The summed E-state index contributed by atoms with van der Waals surface area (Å²) in [5.41, 5.74) is 4.34. The third-order valence-electron chi connectivity index (χ3n) is 4.31. The van der Waals surface area contributed by atoms with E-state index in [9.17, 15) is 0 Å². The van der Waals surface area contributed by atoms with E-state index in [-0.39, 0.29) is 25.3 Å². The van der Waals surface area contributed by atoms with Crippen LogP contribution in [0.3, 0.4) is 0 Å². The molecular formula is C23H23F2NO2. The van der Waals surface area contributed by atoms with Crippen LogP contribution in [-0.2, 0) is 28.7 Å². The van der Waals surface area contributed by atoms with Crippen LogP contribution >= 0.6 is 0 Å². The van der Waals surface area contributed by atoms with Crippen LogP contribution in [0.15, 0.2) is 91.0 Å². The lowest BCUT2D eigenvalue weighted by molar-refractivity contribution is -0.159. The highest BCUT2D eigenvalue weighted by Crippen LogP contribution is 2.33. The molecule has 0 bridgehead atoms. The largest absolute Gasteiger partial charge is 0.365 e. The highest BCUT2D eigenvalue weighted by atomic mass is 19.3. The molecule has 3 aromatic carbocycles. The van der Waals surface area contributed by atoms with Crippen molar-refractivity contribution in [3.05, 3.63) is 108 Å². The highest BCUT2D eigenvalue weighted by molar-refractivity contribution is 5.22. The number of hydroxylamine groups is 1. The molecule has 0 aromatic heterocycles. The summed E-state index contributed by atoms with van der Waals surface area (Å²) >= 11 is 0. The molecule has 0 fully saturated rings. The first-order valence-corrected chi connectivity index (χ1v) is 9.13. The summed E-state index contributed by atoms with van der Waals surface area (Å²) in [5.74, 6) is -3.17. The third-order valence-corrected chi connectivity index (χ3v) is 4.31. The average Bonchev–Trinajstić information content (AvgIpc) is 2.75. The van der Waals surface area contributed by atoms with E-state index in [0.717, 1.165) is 11.1 Å². The monoisotopic (exact) mass is 383 g/mol. The summed E-state index contributed by atoms with van der Waals surface area (Å²) in [6, 6.07) is 26.5. The Morgan fingerprint density at radius 3 is 1.79 bits per heavy atom. The van der Waals surface area contributed by atoms with E-state index in [1.54, 1.807) is 18.2 Å². The quantitative estimate of drug-likeness (QED) is 0.391. The van der Waals surface area contributed by atoms with Crippen molar-refractivity contribution in [3.8, 4) is 0 Å². The molecule has 1 N–H and O–H groups in total. The number of alkyl halides is 2. The molecule has 146 valence electrons. The minimum absolute atomic E-state index is 0.0853. The molecule has 0 aliphatic carbocycles. The minimum atomic E-state index is -3.17. The van der Waals surface area contributed by atoms with Crippen LogP contribution in [0.4, 0.5) is 8.78 Å². The van der Waals surface area contributed by atoms with Crippen molar-refractivity contribution in [3.63, 3.8) is 0 Å². The molecule has 0 spiro atoms. The number of halogens is 2. The molecule has 0 amide bonds. The predicted molar refractivity (Wildman–Crippen MR) is 105 cm³/mol. The molecule has 0 aliphatic rings. The second-order valence-corrected chi connectivity index (χ2v) is 6.40. The van der Waals surface area contributed by atoms with Gasteiger partial charge in [0.2, 0.25) is 0 Å². The summed E-state index contributed by atoms with van der Waals surface area (Å²) in [6.45, 7) is 0.221. The first-order chi connectivity index (χ1) is 13.7. The zero-order valence-electron chi connectivity index (χ0n) is 15.4. The number of hydrogen-bond acceptors (Lipinski definition) is 3. The van der Waals surface area contributed by atoms with E-state index in [4.69, 9.17) is 9.57 Å². The van der Waals surface area contributed by atoms with Crippen molar-refractivity contribution in [2.24, 2.45) is 0 Å². The van der Waals surface area contributed by atoms with Crippen LogP contribution in [0.5, 0.6) is 0 Å². The van der Waals surface area contributed by atoms with Gasteiger partial charge < -0.3 is 4.74 Å². The Kier molecular flexibility index (Phi) is 7.25. The van der Waals surface area contributed by atoms with Crippen LogP contribution in [0.2, 0.25) is 0 Å². The van der Waals surface area contributed by atoms with Crippen molar-refractivity contribution in [1.82, 2.24) is 5.48 Å². The molecule has 5 heteroatoms. The zero-order valence-corrected chi connectivity index (χ0v) is 15.4. The van der Waals surface area contributed by atoms with Crippen LogP contribution < -0.4 is 5.48 Å². The molecule has 0 radical (unpaired) electrons. The summed E-state index contributed by atoms with van der Waals surface area (Å²) < 4.78 is 35.7. The Bertz CT molecular complexity index is 814. The predicted octanol–water partition coefficient (Wildman–Crippen LogP) is 5.09. The van der Waals surface area contributed by atoms with Crippen LogP contribution in [0, 0.1) is 0 Å². The van der Waals surface area contributed by atoms with Gasteiger partial charge in [-0.2, -0.15) is 14.3 Å². The number of benzene rings is 3. The van der Waals surface area contributed by atoms with E-state index in [0.29, 0.717) is 0 Å². The van der Waals surface area contributed by atoms with Gasteiger partial charge in [0.25, 0.3) is 5.92 Å². The summed E-state index contributed by atoms with van der Waals surface area (Å²) in [4.78, 5) is 5.37. The second-order valence-electron chi connectivity index (χ2n) is 6.40. The Morgan fingerprint density at radius 2 is 1.21 bits per heavy atom. The number of hydrogen-bond donors (Lipinski definition) is 1. The third kappa shape index (κ3) is 5.70. The normalized spacial score (nSPS) is 12.6. The van der Waals surface area contributed by atoms with Gasteiger partial charge in [-0.25, -0.2) is 0 Å². The molecule has 0 saturated carbocycles. The minimum Gasteiger partial charge on any atom is -0.365 e. The second kappa shape index (κ2) is 10.1. The molecule has 3 rings (SSSR count). The maximum Gasteiger partial charge on any atom is 0.300 e. The smallest absolute Gasteiger partial charge is 0.300 e. The number of ether oxygens (including phenoxy) is 1. The lowest BCUT2D eigenvalue weighted by atomic mass is 10.0. The van der Waals surface area contributed by atoms with Crippen molar-refractivity contribution >= 4 is 0 Å². The average molecular weight is 383 g/mol. The van der Waals surface area contributed by atoms with E-state index in [2.05, 4.69) is 5.48 Å². The summed E-state index contributed by atoms with van der Waals surface area (Å²) in [5, 5.41) is 0. The molecular weight excluding hydrogens is 360 g/mol. The van der Waals surface area contributed by atoms with Crippen molar-refractivity contribution in [1.29, 1.82) is 0 Å². The number of nitrogens with one attached hydrogen (secondary N) is 1.